The summed E-state index contributed by atoms with van der Waals surface area (Å²) in [7, 11) is 1.80. The number of likely N-dealkylation sites (N-methyl/N-ethyl adjacent to an activating group) is 1. The molecule has 124 valence electrons. The molecule has 0 spiro atoms. The van der Waals surface area contributed by atoms with Gasteiger partial charge in [-0.15, -0.1) is 0 Å². The second-order valence-corrected chi connectivity index (χ2v) is 6.42. The molecular weight excluding hydrogens is 349 g/mol. The zero-order valence-corrected chi connectivity index (χ0v) is 14.4. The summed E-state index contributed by atoms with van der Waals surface area (Å²) < 4.78 is 0. The number of benzene rings is 2. The van der Waals surface area contributed by atoms with E-state index in [1.165, 1.54) is 0 Å². The molecule has 0 aromatic heterocycles. The highest BCUT2D eigenvalue weighted by Crippen LogP contribution is 2.31. The number of rotatable bonds is 3. The largest absolute Gasteiger partial charge is 0.361 e. The molecule has 2 amide bonds. The van der Waals surface area contributed by atoms with Crippen molar-refractivity contribution >= 4 is 52.1 Å². The molecule has 0 saturated heterocycles. The van der Waals surface area contributed by atoms with E-state index in [1.54, 1.807) is 30.1 Å². The van der Waals surface area contributed by atoms with Crippen LogP contribution in [0.15, 0.2) is 42.5 Å². The summed E-state index contributed by atoms with van der Waals surface area (Å²) in [6, 6.07) is 11.7. The minimum atomic E-state index is -0.588. The molecule has 3 rings (SSSR count). The van der Waals surface area contributed by atoms with Crippen molar-refractivity contribution in [2.45, 2.75) is 12.5 Å². The fourth-order valence-electron chi connectivity index (χ4n) is 2.69. The number of nitrogens with one attached hydrogen (secondary N) is 2. The Morgan fingerprint density at radius 3 is 2.58 bits per heavy atom. The van der Waals surface area contributed by atoms with Crippen LogP contribution >= 0.6 is 23.2 Å². The number of carbonyl (C=O) groups is 2. The fraction of sp³-hybridized carbons (Fsp3) is 0.176. The van der Waals surface area contributed by atoms with Gasteiger partial charge in [0.1, 0.15) is 6.04 Å². The van der Waals surface area contributed by atoms with Gasteiger partial charge in [-0.1, -0.05) is 35.3 Å². The minimum absolute atomic E-state index is 0.0147. The zero-order chi connectivity index (χ0) is 17.3. The van der Waals surface area contributed by atoms with E-state index in [1.807, 2.05) is 24.3 Å². The molecule has 7 heteroatoms. The van der Waals surface area contributed by atoms with E-state index < -0.39 is 6.04 Å². The standard InChI is InChI=1S/C17H15Cl2N3O2/c1-22-14-5-3-2-4-13(14)21-17(24)15(22)9-16(23)20-12-7-10(18)6-11(19)8-12/h2-8,15H,9H2,1H3,(H,20,23)(H,21,24). The first kappa shape index (κ1) is 16.6. The Bertz CT molecular complexity index is 790. The number of carbonyl (C=O) groups excluding carboxylic acids is 2. The molecule has 2 aromatic rings. The normalized spacial score (nSPS) is 16.4. The van der Waals surface area contributed by atoms with Crippen LogP contribution < -0.4 is 15.5 Å². The lowest BCUT2D eigenvalue weighted by Crippen LogP contribution is -2.47. The fourth-order valence-corrected chi connectivity index (χ4v) is 3.22. The number of hydrogen-bond donors (Lipinski definition) is 2. The lowest BCUT2D eigenvalue weighted by atomic mass is 10.1. The predicted octanol–water partition coefficient (Wildman–Crippen LogP) is 3.78. The van der Waals surface area contributed by atoms with Crippen LogP contribution in [0.5, 0.6) is 0 Å². The quantitative estimate of drug-likeness (QED) is 0.872. The molecule has 24 heavy (non-hydrogen) atoms. The predicted molar refractivity (Wildman–Crippen MR) is 97.0 cm³/mol. The Balaban J connectivity index is 1.73. The first-order valence-corrected chi connectivity index (χ1v) is 8.08. The maximum absolute atomic E-state index is 12.3. The first-order chi connectivity index (χ1) is 11.4. The van der Waals surface area contributed by atoms with Crippen molar-refractivity contribution in [1.82, 2.24) is 0 Å². The number of nitrogens with zero attached hydrogens (tertiary/aromatic N) is 1. The molecule has 0 radical (unpaired) electrons. The van der Waals surface area contributed by atoms with Crippen molar-refractivity contribution in [3.8, 4) is 0 Å². The maximum Gasteiger partial charge on any atom is 0.247 e. The van der Waals surface area contributed by atoms with Crippen LogP contribution in [-0.4, -0.2) is 24.9 Å². The van der Waals surface area contributed by atoms with Crippen molar-refractivity contribution in [1.29, 1.82) is 0 Å². The van der Waals surface area contributed by atoms with Gasteiger partial charge in [0.25, 0.3) is 0 Å². The molecule has 0 aliphatic carbocycles. The van der Waals surface area contributed by atoms with Crippen LogP contribution in [0.4, 0.5) is 17.1 Å². The van der Waals surface area contributed by atoms with Gasteiger partial charge in [-0.3, -0.25) is 9.59 Å². The number of anilines is 3. The molecule has 1 atom stereocenters. The van der Waals surface area contributed by atoms with Gasteiger partial charge in [0.05, 0.1) is 17.8 Å². The van der Waals surface area contributed by atoms with Crippen LogP contribution in [-0.2, 0) is 9.59 Å². The van der Waals surface area contributed by atoms with E-state index in [2.05, 4.69) is 10.6 Å². The van der Waals surface area contributed by atoms with Crippen LogP contribution in [0.25, 0.3) is 0 Å². The Hall–Kier alpha value is -2.24. The maximum atomic E-state index is 12.3. The van der Waals surface area contributed by atoms with Crippen LogP contribution in [0.3, 0.4) is 0 Å². The van der Waals surface area contributed by atoms with Crippen molar-refractivity contribution in [2.24, 2.45) is 0 Å². The van der Waals surface area contributed by atoms with Gasteiger partial charge in [-0.05, 0) is 30.3 Å². The molecule has 1 heterocycles. The van der Waals surface area contributed by atoms with Gasteiger partial charge in [0.15, 0.2) is 0 Å². The van der Waals surface area contributed by atoms with Crippen molar-refractivity contribution in [3.63, 3.8) is 0 Å². The van der Waals surface area contributed by atoms with Crippen molar-refractivity contribution in [2.75, 3.05) is 22.6 Å². The molecule has 0 bridgehead atoms. The van der Waals surface area contributed by atoms with Gasteiger partial charge in [0, 0.05) is 22.8 Å². The van der Waals surface area contributed by atoms with Gasteiger partial charge >= 0.3 is 0 Å². The van der Waals surface area contributed by atoms with Crippen molar-refractivity contribution < 1.29 is 9.59 Å². The third-order valence-electron chi connectivity index (χ3n) is 3.84. The molecule has 1 unspecified atom stereocenters. The number of para-hydroxylation sites is 2. The second kappa shape index (κ2) is 6.71. The molecule has 2 aromatic carbocycles. The Morgan fingerprint density at radius 2 is 1.88 bits per heavy atom. The van der Waals surface area contributed by atoms with E-state index in [9.17, 15) is 9.59 Å². The molecule has 5 nitrogen and oxygen atoms in total. The number of hydrogen-bond acceptors (Lipinski definition) is 3. The number of halogens is 2. The highest BCUT2D eigenvalue weighted by atomic mass is 35.5. The summed E-state index contributed by atoms with van der Waals surface area (Å²) in [6.45, 7) is 0. The second-order valence-electron chi connectivity index (χ2n) is 5.54. The van der Waals surface area contributed by atoms with E-state index in [4.69, 9.17) is 23.2 Å². The highest BCUT2D eigenvalue weighted by molar-refractivity contribution is 6.35. The summed E-state index contributed by atoms with van der Waals surface area (Å²) >= 11 is 11.8. The van der Waals surface area contributed by atoms with Gasteiger partial charge < -0.3 is 15.5 Å². The van der Waals surface area contributed by atoms with E-state index in [0.29, 0.717) is 15.7 Å². The Morgan fingerprint density at radius 1 is 1.21 bits per heavy atom. The van der Waals surface area contributed by atoms with Gasteiger partial charge in [0.2, 0.25) is 11.8 Å². The number of fused-ring (bicyclic) bond motifs is 1. The molecule has 0 fully saturated rings. The SMILES string of the molecule is CN1c2ccccc2NC(=O)C1CC(=O)Nc1cc(Cl)cc(Cl)c1. The van der Waals surface area contributed by atoms with Crippen LogP contribution in [0.1, 0.15) is 6.42 Å². The van der Waals surface area contributed by atoms with Crippen LogP contribution in [0.2, 0.25) is 10.0 Å². The Kier molecular flexibility index (Phi) is 4.64. The third kappa shape index (κ3) is 3.47. The molecule has 0 saturated carbocycles. The summed E-state index contributed by atoms with van der Waals surface area (Å²) in [4.78, 5) is 26.4. The van der Waals surface area contributed by atoms with Crippen LogP contribution in [0, 0.1) is 0 Å². The topological polar surface area (TPSA) is 61.4 Å². The monoisotopic (exact) mass is 363 g/mol. The van der Waals surface area contributed by atoms with Crippen molar-refractivity contribution in [3.05, 3.63) is 52.5 Å². The van der Waals surface area contributed by atoms with Gasteiger partial charge in [-0.25, -0.2) is 0 Å². The lowest BCUT2D eigenvalue weighted by molar-refractivity contribution is -0.122. The zero-order valence-electron chi connectivity index (χ0n) is 12.8. The average molecular weight is 364 g/mol. The first-order valence-electron chi connectivity index (χ1n) is 7.33. The minimum Gasteiger partial charge on any atom is -0.361 e. The smallest absolute Gasteiger partial charge is 0.247 e. The lowest BCUT2D eigenvalue weighted by Gasteiger charge is -2.34. The summed E-state index contributed by atoms with van der Waals surface area (Å²) in [5.74, 6) is -0.504. The molecule has 2 N–H and O–H groups in total. The number of amides is 2. The third-order valence-corrected chi connectivity index (χ3v) is 4.27. The van der Waals surface area contributed by atoms with E-state index >= 15 is 0 Å². The highest BCUT2D eigenvalue weighted by Gasteiger charge is 2.32. The average Bonchev–Trinajstić information content (AvgIpc) is 2.50. The summed E-state index contributed by atoms with van der Waals surface area (Å²) in [5, 5.41) is 6.41. The van der Waals surface area contributed by atoms with Gasteiger partial charge in [-0.2, -0.15) is 0 Å². The Labute approximate surface area is 149 Å². The molecule has 1 aliphatic rings. The molecule has 1 aliphatic heterocycles. The summed E-state index contributed by atoms with van der Waals surface area (Å²) in [5.41, 5.74) is 2.11. The van der Waals surface area contributed by atoms with E-state index in [0.717, 1.165) is 11.4 Å². The van der Waals surface area contributed by atoms with E-state index in [-0.39, 0.29) is 18.2 Å². The summed E-state index contributed by atoms with van der Waals surface area (Å²) in [6.07, 6.45) is 0.0147. The molecular formula is C17H15Cl2N3O2.